The van der Waals surface area contributed by atoms with Crippen molar-refractivity contribution in [1.29, 1.82) is 0 Å². The number of aryl methyl sites for hydroxylation is 1. The Morgan fingerprint density at radius 3 is 2.22 bits per heavy atom. The fraction of sp³-hybridized carbons (Fsp3) is 0.585. The van der Waals surface area contributed by atoms with Crippen molar-refractivity contribution >= 4 is 58.1 Å². The summed E-state index contributed by atoms with van der Waals surface area (Å²) in [5.74, 6) is 0.508. The molecule has 21 nitrogen and oxygen atoms in total. The highest BCUT2D eigenvalue weighted by molar-refractivity contribution is 7.13. The van der Waals surface area contributed by atoms with E-state index in [0.29, 0.717) is 105 Å². The number of hydrogen-bond acceptors (Lipinski definition) is 19. The van der Waals surface area contributed by atoms with Gasteiger partial charge in [-0.25, -0.2) is 14.4 Å². The van der Waals surface area contributed by atoms with Crippen molar-refractivity contribution in [2.24, 2.45) is 5.41 Å². The number of ether oxygens (including phenoxy) is 6. The molecule has 3 aliphatic rings. The number of aliphatic hydroxyl groups excluding tert-OH is 2. The van der Waals surface area contributed by atoms with Crippen molar-refractivity contribution in [2.75, 3.05) is 124 Å². The average molecular weight is 1110 g/mol. The van der Waals surface area contributed by atoms with Crippen molar-refractivity contribution in [3.8, 4) is 21.9 Å². The third kappa shape index (κ3) is 16.6. The fourth-order valence-electron chi connectivity index (χ4n) is 8.89. The van der Waals surface area contributed by atoms with Crippen LogP contribution in [0.2, 0.25) is 5.02 Å². The number of β-amino-alcohol motifs (C(OH)–C–C–N with tert-alkyl or cyclic N) is 1. The maximum atomic E-state index is 14.7. The van der Waals surface area contributed by atoms with Gasteiger partial charge >= 0.3 is 0 Å². The number of anilines is 3. The van der Waals surface area contributed by atoms with Crippen molar-refractivity contribution in [2.45, 2.75) is 83.6 Å². The number of carbonyl (C=O) groups excluding carboxylic acids is 3. The van der Waals surface area contributed by atoms with E-state index in [2.05, 4.69) is 41.1 Å². The Hall–Kier alpha value is -5.34. The first-order valence-electron chi connectivity index (χ1n) is 26.0. The molecule has 2 saturated heterocycles. The van der Waals surface area contributed by atoms with Gasteiger partial charge in [0, 0.05) is 64.0 Å². The Kier molecular flexibility index (Phi) is 21.6. The molecule has 2 aliphatic heterocycles. The number of benzene rings is 2. The van der Waals surface area contributed by atoms with Crippen LogP contribution < -0.4 is 30.7 Å². The van der Waals surface area contributed by atoms with E-state index in [1.807, 2.05) is 30.0 Å². The van der Waals surface area contributed by atoms with Gasteiger partial charge in [-0.1, -0.05) is 44.5 Å². The molecule has 3 fully saturated rings. The van der Waals surface area contributed by atoms with Crippen molar-refractivity contribution in [1.82, 2.24) is 40.3 Å². The van der Waals surface area contributed by atoms with Gasteiger partial charge in [-0.3, -0.25) is 24.6 Å². The van der Waals surface area contributed by atoms with Crippen LogP contribution in [0.15, 0.2) is 48.1 Å². The molecule has 4 atom stereocenters. The van der Waals surface area contributed by atoms with Crippen molar-refractivity contribution in [3.05, 3.63) is 69.9 Å². The molecule has 7 rings (SSSR count). The molecule has 0 bridgehead atoms. The van der Waals surface area contributed by atoms with Crippen LogP contribution in [0.1, 0.15) is 61.6 Å². The number of alkyl halides is 1. The number of halogens is 2. The number of hydrogen-bond donors (Lipinski definition) is 6. The number of thiazole rings is 1. The zero-order valence-corrected chi connectivity index (χ0v) is 46.4. The molecular formula is C53H74ClFN10O11S. The summed E-state index contributed by atoms with van der Waals surface area (Å²) in [6.07, 6.45) is -0.297. The number of piperazine rings is 1. The zero-order valence-electron chi connectivity index (χ0n) is 44.8. The fourth-order valence-corrected chi connectivity index (χ4v) is 9.88. The molecule has 6 N–H and O–H groups in total. The number of likely N-dealkylation sites (tertiary alicyclic amines) is 1. The Morgan fingerprint density at radius 1 is 0.922 bits per heavy atom. The molecule has 77 heavy (non-hydrogen) atoms. The van der Waals surface area contributed by atoms with Gasteiger partial charge in [-0.2, -0.15) is 4.98 Å². The van der Waals surface area contributed by atoms with E-state index in [0.717, 1.165) is 41.3 Å². The van der Waals surface area contributed by atoms with E-state index < -0.39 is 47.3 Å². The van der Waals surface area contributed by atoms with E-state index in [4.69, 9.17) is 40.0 Å². The van der Waals surface area contributed by atoms with Gasteiger partial charge in [0.2, 0.25) is 11.9 Å². The molecule has 2 aromatic carbocycles. The van der Waals surface area contributed by atoms with Crippen LogP contribution in [-0.4, -0.2) is 201 Å². The first-order chi connectivity index (χ1) is 37.0. The molecule has 2 aromatic heterocycles. The van der Waals surface area contributed by atoms with E-state index in [9.17, 15) is 29.0 Å². The maximum Gasteiger partial charge on any atom is 0.258 e. The van der Waals surface area contributed by atoms with E-state index in [1.54, 1.807) is 58.6 Å². The highest BCUT2D eigenvalue weighted by Gasteiger charge is 2.53. The van der Waals surface area contributed by atoms with Crippen LogP contribution in [-0.2, 0) is 35.1 Å². The normalized spacial score (nSPS) is 18.2. The molecule has 422 valence electrons. The minimum atomic E-state index is -1.96. The van der Waals surface area contributed by atoms with Crippen molar-refractivity contribution in [3.63, 3.8) is 0 Å². The van der Waals surface area contributed by atoms with Gasteiger partial charge in [0.05, 0.1) is 100 Å². The summed E-state index contributed by atoms with van der Waals surface area (Å²) in [6, 6.07) is 9.16. The van der Waals surface area contributed by atoms with E-state index >= 15 is 0 Å². The monoisotopic (exact) mass is 1110 g/mol. The molecule has 3 amide bonds. The van der Waals surface area contributed by atoms with Gasteiger partial charge in [0.1, 0.15) is 41.2 Å². The molecule has 1 saturated carbocycles. The van der Waals surface area contributed by atoms with Crippen molar-refractivity contribution < 1.29 is 57.4 Å². The van der Waals surface area contributed by atoms with Crippen LogP contribution in [0.5, 0.6) is 11.5 Å². The van der Waals surface area contributed by atoms with Gasteiger partial charge in [-0.15, -0.1) is 11.3 Å². The van der Waals surface area contributed by atoms with Crippen LogP contribution >= 0.6 is 22.9 Å². The molecule has 1 unspecified atom stereocenters. The van der Waals surface area contributed by atoms with Crippen LogP contribution in [0.3, 0.4) is 0 Å². The lowest BCUT2D eigenvalue weighted by Gasteiger charge is -2.37. The van der Waals surface area contributed by atoms with E-state index in [-0.39, 0.29) is 44.9 Å². The zero-order chi connectivity index (χ0) is 55.1. The number of nitrogens with one attached hydrogen (secondary N) is 4. The molecular weight excluding hydrogens is 1040 g/mol. The second-order valence-electron chi connectivity index (χ2n) is 20.2. The predicted octanol–water partition coefficient (Wildman–Crippen LogP) is 4.66. The Balaban J connectivity index is 0.748. The number of aromatic nitrogens is 3. The predicted molar refractivity (Wildman–Crippen MR) is 290 cm³/mol. The molecule has 1 aliphatic carbocycles. The van der Waals surface area contributed by atoms with Gasteiger partial charge < -0.3 is 64.4 Å². The number of rotatable bonds is 29. The number of aliphatic hydroxyl groups is 2. The highest BCUT2D eigenvalue weighted by Crippen LogP contribution is 2.41. The molecule has 4 aromatic rings. The Labute approximate surface area is 458 Å². The summed E-state index contributed by atoms with van der Waals surface area (Å²) in [4.78, 5) is 59.5. The minimum absolute atomic E-state index is 0.0368. The minimum Gasteiger partial charge on any atom is -0.495 e. The van der Waals surface area contributed by atoms with Gasteiger partial charge in [-0.05, 0) is 61.4 Å². The number of methoxy groups -OCH3 is 1. The third-order valence-electron chi connectivity index (χ3n) is 13.5. The molecule has 24 heteroatoms. The summed E-state index contributed by atoms with van der Waals surface area (Å²) < 4.78 is 49.4. The second-order valence-corrected chi connectivity index (χ2v) is 21.5. The van der Waals surface area contributed by atoms with Crippen LogP contribution in [0.4, 0.5) is 21.8 Å². The van der Waals surface area contributed by atoms with E-state index in [1.165, 1.54) is 22.4 Å². The lowest BCUT2D eigenvalue weighted by Crippen LogP contribution is -2.59. The topological polar surface area (TPSA) is 244 Å². The number of nitrogens with zero attached hydrogens (tertiary/aromatic N) is 6. The average Bonchev–Trinajstić information content (AvgIpc) is 3.84. The van der Waals surface area contributed by atoms with Gasteiger partial charge in [0.25, 0.3) is 11.8 Å². The Bertz CT molecular complexity index is 2580. The smallest absolute Gasteiger partial charge is 0.258 e. The quantitative estimate of drug-likeness (QED) is 0.0320. The third-order valence-corrected chi connectivity index (χ3v) is 14.8. The van der Waals surface area contributed by atoms with Crippen LogP contribution in [0.25, 0.3) is 10.4 Å². The summed E-state index contributed by atoms with van der Waals surface area (Å²) in [5.41, 5.74) is 2.76. The Morgan fingerprint density at radius 2 is 1.60 bits per heavy atom. The molecule has 4 heterocycles. The summed E-state index contributed by atoms with van der Waals surface area (Å²) in [6.45, 7) is 14.3. The van der Waals surface area contributed by atoms with Gasteiger partial charge in [0.15, 0.2) is 5.67 Å². The number of carbonyl (C=O) groups is 3. The lowest BCUT2D eigenvalue weighted by atomic mass is 9.85. The second kappa shape index (κ2) is 28.0. The summed E-state index contributed by atoms with van der Waals surface area (Å²) in [5, 5.41) is 34.3. The summed E-state index contributed by atoms with van der Waals surface area (Å²) >= 11 is 7.63. The summed E-state index contributed by atoms with van der Waals surface area (Å²) in [7, 11) is 3.26. The molecule has 0 radical (unpaired) electrons. The lowest BCUT2D eigenvalue weighted by molar-refractivity contribution is -0.143. The molecule has 0 spiro atoms. The van der Waals surface area contributed by atoms with Crippen LogP contribution in [0, 0.1) is 12.3 Å². The SMILES string of the molecule is CNc1nc(Nc2ccc(C(=O)N3CCN(CCOCCOCCOCCOCCOc4cc(-c5scnc5C)ccc4CN[C@@H](O)C4C[C@@H](O)CN4C(=O)[C@@H](NC(=O)C4(F)CC4)C(C)(C)C)CC3)cc2OC)ncc1Cl. The number of amides is 3. The first-order valence-corrected chi connectivity index (χ1v) is 27.3. The maximum absolute atomic E-state index is 14.7. The first kappa shape index (κ1) is 59.3. The standard InChI is InChI=1S/C53H74ClFN10O11S/c1-34-44(77-33-59-34)35-7-8-37(30-57-47(67)41-29-38(66)32-65(41)49(69)45(52(2,3)4)61-50(70)53(55)11-12-53)42(27-35)76-26-25-75-24-23-74-22-21-73-20-19-72-18-17-63-13-15-64(16-14-63)48(68)36-9-10-40(43(28-36)71-6)60-51-58-31-39(54)46(56-5)62-51/h7-10,27-28,31,33,38,41,45,47,57,66-67H,11-26,29-30,32H2,1-6H3,(H,61,70)(H2,56,58,60,62)/t38-,41?,45-,47+/m1/s1. The largest absolute Gasteiger partial charge is 0.495 e. The highest BCUT2D eigenvalue weighted by atomic mass is 35.5.